The fourth-order valence-corrected chi connectivity index (χ4v) is 1.77. The molecule has 0 aliphatic heterocycles. The summed E-state index contributed by atoms with van der Waals surface area (Å²) in [6.45, 7) is 2.46. The van der Waals surface area contributed by atoms with Crippen molar-refractivity contribution in [1.82, 2.24) is 15.0 Å². The van der Waals surface area contributed by atoms with E-state index < -0.39 is 0 Å². The third-order valence-corrected chi connectivity index (χ3v) is 2.75. The smallest absolute Gasteiger partial charge is 0.102 e. The molecule has 6 heteroatoms. The number of nitrogens with zero attached hydrogens (tertiary/aromatic N) is 3. The van der Waals surface area contributed by atoms with E-state index in [0.29, 0.717) is 26.4 Å². The predicted octanol–water partition coefficient (Wildman–Crippen LogP) is 1.59. The van der Waals surface area contributed by atoms with Gasteiger partial charge in [0.1, 0.15) is 5.69 Å². The summed E-state index contributed by atoms with van der Waals surface area (Å²) in [7, 11) is 3.52. The minimum atomic E-state index is 0.587. The van der Waals surface area contributed by atoms with E-state index in [1.807, 2.05) is 31.4 Å². The molecule has 0 spiro atoms. The largest absolute Gasteiger partial charge is 0.382 e. The summed E-state index contributed by atoms with van der Waals surface area (Å²) in [5, 5.41) is 11.3. The minimum Gasteiger partial charge on any atom is -0.382 e. The molecule has 1 N–H and O–H groups in total. The maximum Gasteiger partial charge on any atom is 0.102 e. The van der Waals surface area contributed by atoms with Gasteiger partial charge in [-0.15, -0.1) is 5.10 Å². The average Bonchev–Trinajstić information content (AvgIpc) is 2.88. The van der Waals surface area contributed by atoms with Crippen LogP contribution in [-0.4, -0.2) is 35.3 Å². The van der Waals surface area contributed by atoms with Crippen LogP contribution in [0.15, 0.2) is 30.5 Å². The van der Waals surface area contributed by atoms with Gasteiger partial charge in [0.15, 0.2) is 0 Å². The lowest BCUT2D eigenvalue weighted by Crippen LogP contribution is -2.03. The Kier molecular flexibility index (Phi) is 5.52. The van der Waals surface area contributed by atoms with Crippen LogP contribution in [-0.2, 0) is 29.7 Å². The summed E-state index contributed by atoms with van der Waals surface area (Å²) in [6, 6.07) is 8.15. The van der Waals surface area contributed by atoms with Crippen molar-refractivity contribution in [3.8, 4) is 0 Å². The van der Waals surface area contributed by atoms with Crippen LogP contribution < -0.4 is 5.32 Å². The lowest BCUT2D eigenvalue weighted by Gasteiger charge is -2.08. The summed E-state index contributed by atoms with van der Waals surface area (Å²) >= 11 is 0. The first-order valence-electron chi connectivity index (χ1n) is 6.52. The highest BCUT2D eigenvalue weighted by Gasteiger charge is 2.00. The standard InChI is InChI=1S/C14H20N4O2/c1-18-10-14(16-17-18)9-15-13-5-3-4-12(8-13)11-20-7-6-19-2/h3-5,8,10,15H,6-7,9,11H2,1-2H3. The molecule has 0 aliphatic rings. The maximum atomic E-state index is 5.50. The van der Waals surface area contributed by atoms with Crippen molar-refractivity contribution in [3.63, 3.8) is 0 Å². The molecule has 0 saturated heterocycles. The van der Waals surface area contributed by atoms with Gasteiger partial charge in [-0.2, -0.15) is 0 Å². The molecular formula is C14H20N4O2. The van der Waals surface area contributed by atoms with Crippen molar-refractivity contribution in [2.75, 3.05) is 25.6 Å². The average molecular weight is 276 g/mol. The number of nitrogens with one attached hydrogen (secondary N) is 1. The fraction of sp³-hybridized carbons (Fsp3) is 0.429. The van der Waals surface area contributed by atoms with E-state index in [0.717, 1.165) is 16.9 Å². The van der Waals surface area contributed by atoms with E-state index in [-0.39, 0.29) is 0 Å². The number of ether oxygens (including phenoxy) is 2. The first-order chi connectivity index (χ1) is 9.78. The SMILES string of the molecule is COCCOCc1cccc(NCc2cn(C)nn2)c1. The van der Waals surface area contributed by atoms with Gasteiger partial charge in [-0.05, 0) is 17.7 Å². The van der Waals surface area contributed by atoms with Crippen molar-refractivity contribution in [2.24, 2.45) is 7.05 Å². The zero-order valence-electron chi connectivity index (χ0n) is 11.9. The molecule has 2 aromatic rings. The Morgan fingerprint density at radius 1 is 1.30 bits per heavy atom. The van der Waals surface area contributed by atoms with Gasteiger partial charge in [-0.3, -0.25) is 4.68 Å². The Balaban J connectivity index is 1.82. The quantitative estimate of drug-likeness (QED) is 0.742. The van der Waals surface area contributed by atoms with E-state index in [1.165, 1.54) is 0 Å². The molecule has 1 heterocycles. The molecule has 0 aliphatic carbocycles. The fourth-order valence-electron chi connectivity index (χ4n) is 1.77. The number of anilines is 1. The summed E-state index contributed by atoms with van der Waals surface area (Å²) in [4.78, 5) is 0. The molecule has 0 amide bonds. The highest BCUT2D eigenvalue weighted by Crippen LogP contribution is 2.12. The molecule has 0 unspecified atom stereocenters. The van der Waals surface area contributed by atoms with Crippen molar-refractivity contribution >= 4 is 5.69 Å². The summed E-state index contributed by atoms with van der Waals surface area (Å²) in [5.41, 5.74) is 3.09. The van der Waals surface area contributed by atoms with Crippen LogP contribution in [0.3, 0.4) is 0 Å². The highest BCUT2D eigenvalue weighted by atomic mass is 16.5. The molecule has 108 valence electrons. The molecule has 1 aromatic carbocycles. The van der Waals surface area contributed by atoms with E-state index in [4.69, 9.17) is 9.47 Å². The molecule has 20 heavy (non-hydrogen) atoms. The maximum absolute atomic E-state index is 5.50. The number of benzene rings is 1. The van der Waals surface area contributed by atoms with Gasteiger partial charge >= 0.3 is 0 Å². The topological polar surface area (TPSA) is 61.2 Å². The zero-order valence-corrected chi connectivity index (χ0v) is 11.9. The van der Waals surface area contributed by atoms with E-state index in [2.05, 4.69) is 21.7 Å². The van der Waals surface area contributed by atoms with Gasteiger partial charge in [-0.25, -0.2) is 0 Å². The van der Waals surface area contributed by atoms with E-state index in [9.17, 15) is 0 Å². The lowest BCUT2D eigenvalue weighted by atomic mass is 10.2. The summed E-state index contributed by atoms with van der Waals surface area (Å²) in [5.74, 6) is 0. The Hall–Kier alpha value is -1.92. The normalized spacial score (nSPS) is 10.7. The predicted molar refractivity (Wildman–Crippen MR) is 76.3 cm³/mol. The van der Waals surface area contributed by atoms with Crippen LogP contribution in [0.25, 0.3) is 0 Å². The number of aryl methyl sites for hydroxylation is 1. The van der Waals surface area contributed by atoms with Gasteiger partial charge in [0.05, 0.1) is 26.4 Å². The highest BCUT2D eigenvalue weighted by molar-refractivity contribution is 5.45. The van der Waals surface area contributed by atoms with E-state index in [1.54, 1.807) is 11.8 Å². The van der Waals surface area contributed by atoms with Gasteiger partial charge in [0.25, 0.3) is 0 Å². The number of rotatable bonds is 8. The van der Waals surface area contributed by atoms with Crippen LogP contribution >= 0.6 is 0 Å². The number of hydrogen-bond acceptors (Lipinski definition) is 5. The molecule has 6 nitrogen and oxygen atoms in total. The molecule has 0 atom stereocenters. The number of hydrogen-bond donors (Lipinski definition) is 1. The Morgan fingerprint density at radius 3 is 2.95 bits per heavy atom. The molecule has 1 aromatic heterocycles. The van der Waals surface area contributed by atoms with Crippen LogP contribution in [0.2, 0.25) is 0 Å². The van der Waals surface area contributed by atoms with Crippen LogP contribution in [0.4, 0.5) is 5.69 Å². The zero-order chi connectivity index (χ0) is 14.2. The summed E-state index contributed by atoms with van der Waals surface area (Å²) < 4.78 is 12.1. The second kappa shape index (κ2) is 7.62. The Labute approximate surface area is 118 Å². The second-order valence-electron chi connectivity index (χ2n) is 4.48. The Bertz CT molecular complexity index is 527. The monoisotopic (exact) mass is 276 g/mol. The van der Waals surface area contributed by atoms with Crippen LogP contribution in [0.5, 0.6) is 0 Å². The van der Waals surface area contributed by atoms with Gasteiger partial charge in [0.2, 0.25) is 0 Å². The third kappa shape index (κ3) is 4.64. The molecule has 0 saturated carbocycles. The van der Waals surface area contributed by atoms with Gasteiger partial charge in [0, 0.05) is 26.0 Å². The van der Waals surface area contributed by atoms with Crippen molar-refractivity contribution in [1.29, 1.82) is 0 Å². The van der Waals surface area contributed by atoms with Crippen molar-refractivity contribution < 1.29 is 9.47 Å². The van der Waals surface area contributed by atoms with Gasteiger partial charge in [-0.1, -0.05) is 17.3 Å². The number of methoxy groups -OCH3 is 1. The summed E-state index contributed by atoms with van der Waals surface area (Å²) in [6.07, 6.45) is 1.89. The molecule has 0 fully saturated rings. The molecule has 2 rings (SSSR count). The van der Waals surface area contributed by atoms with Crippen molar-refractivity contribution in [2.45, 2.75) is 13.2 Å². The minimum absolute atomic E-state index is 0.587. The number of aromatic nitrogens is 3. The van der Waals surface area contributed by atoms with Crippen molar-refractivity contribution in [3.05, 3.63) is 41.7 Å². The second-order valence-corrected chi connectivity index (χ2v) is 4.48. The lowest BCUT2D eigenvalue weighted by molar-refractivity contribution is 0.0617. The van der Waals surface area contributed by atoms with Gasteiger partial charge < -0.3 is 14.8 Å². The first-order valence-corrected chi connectivity index (χ1v) is 6.52. The molecular weight excluding hydrogens is 256 g/mol. The third-order valence-electron chi connectivity index (χ3n) is 2.75. The van der Waals surface area contributed by atoms with Crippen LogP contribution in [0.1, 0.15) is 11.3 Å². The first kappa shape index (κ1) is 14.5. The molecule has 0 radical (unpaired) electrons. The molecule has 0 bridgehead atoms. The van der Waals surface area contributed by atoms with Crippen LogP contribution in [0, 0.1) is 0 Å². The van der Waals surface area contributed by atoms with E-state index >= 15 is 0 Å². The Morgan fingerprint density at radius 2 is 2.20 bits per heavy atom.